The van der Waals surface area contributed by atoms with Crippen molar-refractivity contribution in [3.63, 3.8) is 0 Å². The first-order chi connectivity index (χ1) is 13.8. The van der Waals surface area contributed by atoms with Gasteiger partial charge in [0.15, 0.2) is 5.82 Å². The number of nitrogens with zero attached hydrogens (tertiary/aromatic N) is 3. The predicted octanol–water partition coefficient (Wildman–Crippen LogP) is 5.12. The lowest BCUT2D eigenvalue weighted by Crippen LogP contribution is -2.07. The second-order valence-electron chi connectivity index (χ2n) is 6.21. The van der Waals surface area contributed by atoms with Gasteiger partial charge in [-0.2, -0.15) is 0 Å². The Morgan fingerprint density at radius 3 is 2.66 bits per heavy atom. The Kier molecular flexibility index (Phi) is 6.23. The number of hydrogen-bond acceptors (Lipinski definition) is 7. The van der Waals surface area contributed by atoms with Crippen molar-refractivity contribution in [1.29, 1.82) is 0 Å². The van der Waals surface area contributed by atoms with E-state index in [0.717, 1.165) is 19.9 Å². The van der Waals surface area contributed by atoms with E-state index in [1.165, 1.54) is 23.5 Å². The molecule has 0 radical (unpaired) electrons. The molecule has 0 aliphatic rings. The van der Waals surface area contributed by atoms with Crippen molar-refractivity contribution in [2.45, 2.75) is 26.7 Å². The van der Waals surface area contributed by atoms with Crippen molar-refractivity contribution in [3.8, 4) is 10.7 Å². The molecule has 0 saturated carbocycles. The summed E-state index contributed by atoms with van der Waals surface area (Å²) in [4.78, 5) is 31.9. The number of aryl methyl sites for hydroxylation is 1. The van der Waals surface area contributed by atoms with Crippen molar-refractivity contribution in [2.75, 3.05) is 5.32 Å². The monoisotopic (exact) mass is 476 g/mol. The Balaban J connectivity index is 2.02. The maximum Gasteiger partial charge on any atom is 0.308 e. The zero-order valence-electron chi connectivity index (χ0n) is 15.6. The lowest BCUT2D eigenvalue weighted by Gasteiger charge is -2.14. The third kappa shape index (κ3) is 4.77. The average Bonchev–Trinajstić information content (AvgIpc) is 3.08. The normalized spacial score (nSPS) is 10.7. The van der Waals surface area contributed by atoms with Crippen LogP contribution >= 0.6 is 27.3 Å². The highest BCUT2D eigenvalue weighted by atomic mass is 79.9. The minimum absolute atomic E-state index is 0.145. The molecule has 0 saturated heterocycles. The van der Waals surface area contributed by atoms with Gasteiger partial charge in [0, 0.05) is 28.6 Å². The number of thiophene rings is 1. The zero-order chi connectivity index (χ0) is 21.1. The van der Waals surface area contributed by atoms with Gasteiger partial charge in [-0.15, -0.1) is 11.3 Å². The van der Waals surface area contributed by atoms with E-state index in [9.17, 15) is 14.9 Å². The molecular formula is C19H17BrN4O4S. The van der Waals surface area contributed by atoms with Gasteiger partial charge < -0.3 is 10.4 Å². The van der Waals surface area contributed by atoms with Crippen LogP contribution in [-0.2, 0) is 17.6 Å². The Bertz CT molecular complexity index is 1100. The van der Waals surface area contributed by atoms with E-state index in [0.29, 0.717) is 23.8 Å². The third-order valence-electron chi connectivity index (χ3n) is 4.25. The maximum atomic E-state index is 11.4. The fraction of sp³-hybridized carbons (Fsp3) is 0.211. The van der Waals surface area contributed by atoms with E-state index in [2.05, 4.69) is 31.2 Å². The van der Waals surface area contributed by atoms with Gasteiger partial charge in [0.2, 0.25) is 0 Å². The van der Waals surface area contributed by atoms with Gasteiger partial charge in [-0.1, -0.05) is 6.92 Å². The molecule has 3 rings (SSSR count). The number of hydrogen-bond donors (Lipinski definition) is 2. The number of carboxylic acid groups (broad SMARTS) is 1. The number of benzene rings is 1. The van der Waals surface area contributed by atoms with E-state index in [1.54, 1.807) is 6.07 Å². The number of aliphatic carboxylic acids is 1. The molecule has 3 aromatic rings. The number of nitro benzene ring substituents is 1. The van der Waals surface area contributed by atoms with Gasteiger partial charge in [-0.05, 0) is 53.5 Å². The summed E-state index contributed by atoms with van der Waals surface area (Å²) in [7, 11) is 0. The van der Waals surface area contributed by atoms with Crippen LogP contribution in [0.3, 0.4) is 0 Å². The van der Waals surface area contributed by atoms with Crippen LogP contribution in [0, 0.1) is 17.0 Å². The molecule has 2 aromatic heterocycles. The summed E-state index contributed by atoms with van der Waals surface area (Å²) < 4.78 is 0.965. The number of rotatable bonds is 7. The summed E-state index contributed by atoms with van der Waals surface area (Å²) >= 11 is 4.95. The SMILES string of the molecule is CCc1c(C)nc(-c2ccc(Br)s2)nc1Nc1ccc(CC(=O)O)c([N+](=O)[O-])c1. The number of anilines is 2. The van der Waals surface area contributed by atoms with Gasteiger partial charge in [0.25, 0.3) is 5.69 Å². The number of aromatic nitrogens is 2. The van der Waals surface area contributed by atoms with Gasteiger partial charge in [0.05, 0.1) is 20.0 Å². The number of halogens is 1. The summed E-state index contributed by atoms with van der Waals surface area (Å²) in [6.45, 7) is 3.88. The van der Waals surface area contributed by atoms with Crippen LogP contribution in [0.25, 0.3) is 10.7 Å². The van der Waals surface area contributed by atoms with Gasteiger partial charge in [-0.25, -0.2) is 9.97 Å². The van der Waals surface area contributed by atoms with Crippen LogP contribution in [0.5, 0.6) is 0 Å². The number of nitrogens with one attached hydrogen (secondary N) is 1. The smallest absolute Gasteiger partial charge is 0.308 e. The highest BCUT2D eigenvalue weighted by molar-refractivity contribution is 9.11. The molecule has 0 amide bonds. The van der Waals surface area contributed by atoms with Crippen molar-refractivity contribution < 1.29 is 14.8 Å². The van der Waals surface area contributed by atoms with E-state index in [1.807, 2.05) is 26.0 Å². The largest absolute Gasteiger partial charge is 0.481 e. The second-order valence-corrected chi connectivity index (χ2v) is 8.68. The first-order valence-corrected chi connectivity index (χ1v) is 10.3. The number of carbonyl (C=O) groups is 1. The Hall–Kier alpha value is -2.85. The highest BCUT2D eigenvalue weighted by Crippen LogP contribution is 2.32. The van der Waals surface area contributed by atoms with Crippen LogP contribution in [-0.4, -0.2) is 26.0 Å². The molecule has 0 bridgehead atoms. The maximum absolute atomic E-state index is 11.4. The molecule has 0 aliphatic carbocycles. The molecule has 29 heavy (non-hydrogen) atoms. The molecule has 0 fully saturated rings. The zero-order valence-corrected chi connectivity index (χ0v) is 18.0. The van der Waals surface area contributed by atoms with Crippen LogP contribution in [0.2, 0.25) is 0 Å². The summed E-state index contributed by atoms with van der Waals surface area (Å²) in [6, 6.07) is 8.24. The summed E-state index contributed by atoms with van der Waals surface area (Å²) in [5.41, 5.74) is 2.08. The van der Waals surface area contributed by atoms with Crippen molar-refractivity contribution >= 4 is 50.4 Å². The second kappa shape index (κ2) is 8.66. The van der Waals surface area contributed by atoms with E-state index >= 15 is 0 Å². The molecule has 10 heteroatoms. The summed E-state index contributed by atoms with van der Waals surface area (Å²) in [5, 5.41) is 23.5. The molecule has 0 atom stereocenters. The minimum atomic E-state index is -1.12. The molecule has 1 aromatic carbocycles. The average molecular weight is 477 g/mol. The Morgan fingerprint density at radius 1 is 1.31 bits per heavy atom. The quantitative estimate of drug-likeness (QED) is 0.358. The number of carboxylic acids is 1. The fourth-order valence-electron chi connectivity index (χ4n) is 2.93. The standard InChI is InChI=1S/C19H17BrN4O4S/c1-3-13-10(2)21-19(15-6-7-16(20)29-15)23-18(13)22-12-5-4-11(8-17(25)26)14(9-12)24(27)28/h4-7,9H,3,8H2,1-2H3,(H,25,26)(H,21,22,23). The fourth-order valence-corrected chi connectivity index (χ4v) is 4.25. The Morgan fingerprint density at radius 2 is 2.07 bits per heavy atom. The first-order valence-electron chi connectivity index (χ1n) is 8.67. The molecule has 0 unspecified atom stereocenters. The van der Waals surface area contributed by atoms with Gasteiger partial charge in [-0.3, -0.25) is 14.9 Å². The van der Waals surface area contributed by atoms with Gasteiger partial charge in [0.1, 0.15) is 5.82 Å². The number of nitro groups is 1. The molecule has 150 valence electrons. The lowest BCUT2D eigenvalue weighted by atomic mass is 10.1. The summed E-state index contributed by atoms with van der Waals surface area (Å²) in [6.07, 6.45) is 0.266. The molecule has 0 spiro atoms. The van der Waals surface area contributed by atoms with Crippen LogP contribution in [0.1, 0.15) is 23.7 Å². The molecular weight excluding hydrogens is 460 g/mol. The molecule has 0 aliphatic heterocycles. The van der Waals surface area contributed by atoms with Crippen LogP contribution < -0.4 is 5.32 Å². The van der Waals surface area contributed by atoms with Crippen LogP contribution in [0.4, 0.5) is 17.2 Å². The van der Waals surface area contributed by atoms with E-state index < -0.39 is 17.3 Å². The summed E-state index contributed by atoms with van der Waals surface area (Å²) in [5.74, 6) is 0.00922. The molecule has 2 heterocycles. The topological polar surface area (TPSA) is 118 Å². The Labute approximate surface area is 178 Å². The van der Waals surface area contributed by atoms with Crippen molar-refractivity contribution in [3.05, 3.63) is 61.1 Å². The lowest BCUT2D eigenvalue weighted by molar-refractivity contribution is -0.385. The minimum Gasteiger partial charge on any atom is -0.481 e. The highest BCUT2D eigenvalue weighted by Gasteiger charge is 2.19. The van der Waals surface area contributed by atoms with Gasteiger partial charge >= 0.3 is 5.97 Å². The van der Waals surface area contributed by atoms with E-state index in [4.69, 9.17) is 5.11 Å². The van der Waals surface area contributed by atoms with Crippen molar-refractivity contribution in [1.82, 2.24) is 9.97 Å². The van der Waals surface area contributed by atoms with Crippen molar-refractivity contribution in [2.24, 2.45) is 0 Å². The molecule has 2 N–H and O–H groups in total. The van der Waals surface area contributed by atoms with E-state index in [-0.39, 0.29) is 11.3 Å². The first kappa shape index (κ1) is 20.9. The molecule has 8 nitrogen and oxygen atoms in total. The third-order valence-corrected chi connectivity index (χ3v) is 5.87. The predicted molar refractivity (Wildman–Crippen MR) is 115 cm³/mol. The van der Waals surface area contributed by atoms with Crippen LogP contribution in [0.15, 0.2) is 34.1 Å².